The maximum Gasteiger partial charge on any atom is 0.264 e. The van der Waals surface area contributed by atoms with Crippen molar-refractivity contribution in [2.45, 2.75) is 19.4 Å². The Hall–Kier alpha value is -4.01. The first-order valence-corrected chi connectivity index (χ1v) is 10.1. The standard InChI is InChI=1S/C23H22FN5O3/c1-32-20-5-3-2-4-16(20)10-12-25-21(30)11-13-28-15-26-22-19(23(28)31)14-27-29(22)18-8-6-17(24)7-9-18/h2-9,14-15H,10-13H2,1H3,(H,25,30). The van der Waals surface area contributed by atoms with E-state index in [4.69, 9.17) is 4.74 Å². The maximum atomic E-state index is 13.2. The van der Waals surface area contributed by atoms with Crippen molar-refractivity contribution in [2.24, 2.45) is 0 Å². The summed E-state index contributed by atoms with van der Waals surface area (Å²) >= 11 is 0. The molecule has 9 heteroatoms. The van der Waals surface area contributed by atoms with Crippen molar-refractivity contribution in [2.75, 3.05) is 13.7 Å². The number of carbonyl (C=O) groups is 1. The van der Waals surface area contributed by atoms with E-state index in [0.29, 0.717) is 29.7 Å². The lowest BCUT2D eigenvalue weighted by molar-refractivity contribution is -0.121. The average molecular weight is 435 g/mol. The Kier molecular flexibility index (Phi) is 6.25. The van der Waals surface area contributed by atoms with Crippen LogP contribution in [0.15, 0.2) is 65.8 Å². The summed E-state index contributed by atoms with van der Waals surface area (Å²) in [5.41, 5.74) is 1.70. The van der Waals surface area contributed by atoms with E-state index in [2.05, 4.69) is 15.4 Å². The fourth-order valence-corrected chi connectivity index (χ4v) is 3.44. The van der Waals surface area contributed by atoms with Crippen LogP contribution in [0.5, 0.6) is 5.75 Å². The molecule has 1 N–H and O–H groups in total. The number of hydrogen-bond acceptors (Lipinski definition) is 5. The SMILES string of the molecule is COc1ccccc1CCNC(=O)CCn1cnc2c(cnn2-c2ccc(F)cc2)c1=O. The molecule has 1 amide bonds. The van der Waals surface area contributed by atoms with E-state index >= 15 is 0 Å². The van der Waals surface area contributed by atoms with Crippen LogP contribution >= 0.6 is 0 Å². The fourth-order valence-electron chi connectivity index (χ4n) is 3.44. The highest BCUT2D eigenvalue weighted by Gasteiger charge is 2.12. The average Bonchev–Trinajstić information content (AvgIpc) is 3.24. The zero-order valence-corrected chi connectivity index (χ0v) is 17.5. The number of rotatable bonds is 8. The van der Waals surface area contributed by atoms with Gasteiger partial charge in [0.1, 0.15) is 17.0 Å². The molecule has 4 rings (SSSR count). The minimum absolute atomic E-state index is 0.144. The van der Waals surface area contributed by atoms with Gasteiger partial charge in [-0.15, -0.1) is 0 Å². The van der Waals surface area contributed by atoms with Crippen molar-refractivity contribution in [1.82, 2.24) is 24.6 Å². The molecule has 0 aliphatic heterocycles. The van der Waals surface area contributed by atoms with E-state index in [0.717, 1.165) is 11.3 Å². The summed E-state index contributed by atoms with van der Waals surface area (Å²) in [5, 5.41) is 7.39. The summed E-state index contributed by atoms with van der Waals surface area (Å²) in [4.78, 5) is 29.3. The minimum Gasteiger partial charge on any atom is -0.496 e. The number of halogens is 1. The predicted molar refractivity (Wildman–Crippen MR) is 117 cm³/mol. The van der Waals surface area contributed by atoms with Crippen molar-refractivity contribution in [3.8, 4) is 11.4 Å². The molecule has 2 aromatic heterocycles. The lowest BCUT2D eigenvalue weighted by atomic mass is 10.1. The highest BCUT2D eigenvalue weighted by atomic mass is 19.1. The van der Waals surface area contributed by atoms with Crippen molar-refractivity contribution in [1.29, 1.82) is 0 Å². The van der Waals surface area contributed by atoms with E-state index in [9.17, 15) is 14.0 Å². The Morgan fingerprint density at radius 2 is 1.94 bits per heavy atom. The summed E-state index contributed by atoms with van der Waals surface area (Å²) in [5.74, 6) is 0.268. The lowest BCUT2D eigenvalue weighted by Crippen LogP contribution is -2.29. The molecule has 0 atom stereocenters. The van der Waals surface area contributed by atoms with Crippen molar-refractivity contribution < 1.29 is 13.9 Å². The predicted octanol–water partition coefficient (Wildman–Crippen LogP) is 2.48. The van der Waals surface area contributed by atoms with Crippen molar-refractivity contribution >= 4 is 16.9 Å². The van der Waals surface area contributed by atoms with Gasteiger partial charge in [0.15, 0.2) is 5.65 Å². The molecule has 2 heterocycles. The zero-order chi connectivity index (χ0) is 22.5. The topological polar surface area (TPSA) is 91.0 Å². The van der Waals surface area contributed by atoms with Crippen LogP contribution in [0.1, 0.15) is 12.0 Å². The van der Waals surface area contributed by atoms with E-state index in [1.807, 2.05) is 24.3 Å². The van der Waals surface area contributed by atoms with Gasteiger partial charge in [-0.2, -0.15) is 5.10 Å². The van der Waals surface area contributed by atoms with Gasteiger partial charge < -0.3 is 10.1 Å². The molecule has 2 aromatic carbocycles. The van der Waals surface area contributed by atoms with E-state index < -0.39 is 0 Å². The first-order valence-electron chi connectivity index (χ1n) is 10.1. The molecule has 0 unspecified atom stereocenters. The first kappa shape index (κ1) is 21.2. The summed E-state index contributed by atoms with van der Waals surface area (Å²) in [7, 11) is 1.61. The van der Waals surface area contributed by atoms with E-state index in [1.54, 1.807) is 19.2 Å². The van der Waals surface area contributed by atoms with Crippen molar-refractivity contribution in [3.63, 3.8) is 0 Å². The number of para-hydroxylation sites is 1. The minimum atomic E-state index is -0.360. The molecule has 164 valence electrons. The molecule has 0 saturated heterocycles. The second-order valence-corrected chi connectivity index (χ2v) is 7.17. The van der Waals surface area contributed by atoms with Crippen LogP contribution in [0.3, 0.4) is 0 Å². The Morgan fingerprint density at radius 1 is 1.16 bits per heavy atom. The Morgan fingerprint density at radius 3 is 2.72 bits per heavy atom. The van der Waals surface area contributed by atoms with Crippen LogP contribution in [0.4, 0.5) is 4.39 Å². The molecule has 8 nitrogen and oxygen atoms in total. The van der Waals surface area contributed by atoms with Crippen LogP contribution in [0, 0.1) is 5.82 Å². The van der Waals surface area contributed by atoms with Gasteiger partial charge in [0.2, 0.25) is 5.91 Å². The van der Waals surface area contributed by atoms with Gasteiger partial charge in [0, 0.05) is 19.5 Å². The third-order valence-electron chi connectivity index (χ3n) is 5.11. The largest absolute Gasteiger partial charge is 0.496 e. The molecule has 0 fully saturated rings. The Labute approximate surface area is 183 Å². The second kappa shape index (κ2) is 9.42. The number of methoxy groups -OCH3 is 1. The molecule has 0 bridgehead atoms. The number of amides is 1. The van der Waals surface area contributed by atoms with E-state index in [1.165, 1.54) is 33.9 Å². The maximum absolute atomic E-state index is 13.2. The number of aryl methyl sites for hydroxylation is 1. The number of nitrogens with zero attached hydrogens (tertiary/aromatic N) is 4. The number of benzene rings is 2. The van der Waals surface area contributed by atoms with Crippen LogP contribution in [-0.2, 0) is 17.8 Å². The van der Waals surface area contributed by atoms with Gasteiger partial charge in [-0.05, 0) is 42.3 Å². The Balaban J connectivity index is 1.38. The number of fused-ring (bicyclic) bond motifs is 1. The van der Waals surface area contributed by atoms with Crippen LogP contribution < -0.4 is 15.6 Å². The smallest absolute Gasteiger partial charge is 0.264 e. The third-order valence-corrected chi connectivity index (χ3v) is 5.11. The number of ether oxygens (including phenoxy) is 1. The van der Waals surface area contributed by atoms with Crippen LogP contribution in [0.25, 0.3) is 16.7 Å². The summed E-state index contributed by atoms with van der Waals surface area (Å²) in [6, 6.07) is 13.4. The summed E-state index contributed by atoms with van der Waals surface area (Å²) in [6.07, 6.45) is 3.61. The van der Waals surface area contributed by atoms with Crippen LogP contribution in [0.2, 0.25) is 0 Å². The van der Waals surface area contributed by atoms with Gasteiger partial charge in [-0.3, -0.25) is 14.2 Å². The number of nitrogens with one attached hydrogen (secondary N) is 1. The summed E-state index contributed by atoms with van der Waals surface area (Å²) in [6.45, 7) is 0.666. The van der Waals surface area contributed by atoms with E-state index in [-0.39, 0.29) is 30.2 Å². The molecule has 0 spiro atoms. The normalized spacial score (nSPS) is 10.9. The number of hydrogen-bond donors (Lipinski definition) is 1. The van der Waals surface area contributed by atoms with Crippen molar-refractivity contribution in [3.05, 3.63) is 82.8 Å². The first-order chi connectivity index (χ1) is 15.6. The second-order valence-electron chi connectivity index (χ2n) is 7.17. The monoisotopic (exact) mass is 435 g/mol. The van der Waals surface area contributed by atoms with Gasteiger partial charge >= 0.3 is 0 Å². The molecular formula is C23H22FN5O3. The molecule has 0 aliphatic carbocycles. The highest BCUT2D eigenvalue weighted by Crippen LogP contribution is 2.17. The molecule has 4 aromatic rings. The van der Waals surface area contributed by atoms with Gasteiger partial charge in [0.05, 0.1) is 25.3 Å². The molecule has 0 radical (unpaired) electrons. The van der Waals surface area contributed by atoms with Gasteiger partial charge in [0.25, 0.3) is 5.56 Å². The number of aromatic nitrogens is 4. The molecule has 32 heavy (non-hydrogen) atoms. The third kappa shape index (κ3) is 4.51. The zero-order valence-electron chi connectivity index (χ0n) is 17.5. The molecule has 0 aliphatic rings. The van der Waals surface area contributed by atoms with Gasteiger partial charge in [-0.1, -0.05) is 18.2 Å². The highest BCUT2D eigenvalue weighted by molar-refractivity contribution is 5.76. The summed E-state index contributed by atoms with van der Waals surface area (Å²) < 4.78 is 21.3. The molecule has 0 saturated carbocycles. The lowest BCUT2D eigenvalue weighted by Gasteiger charge is -2.10. The van der Waals surface area contributed by atoms with Gasteiger partial charge in [-0.25, -0.2) is 14.1 Å². The quantitative estimate of drug-likeness (QED) is 0.459. The van der Waals surface area contributed by atoms with Crippen LogP contribution in [-0.4, -0.2) is 38.9 Å². The fraction of sp³-hybridized carbons (Fsp3) is 0.217. The molecular weight excluding hydrogens is 413 g/mol. The number of carbonyl (C=O) groups excluding carboxylic acids is 1. The Bertz CT molecular complexity index is 1300.